The van der Waals surface area contributed by atoms with Crippen molar-refractivity contribution in [3.8, 4) is 0 Å². The number of nitrogens with two attached hydrogens (primary N) is 1. The third-order valence-electron chi connectivity index (χ3n) is 3.97. The van der Waals surface area contributed by atoms with Gasteiger partial charge in [-0.25, -0.2) is 0 Å². The van der Waals surface area contributed by atoms with Crippen molar-refractivity contribution < 1.29 is 0 Å². The Labute approximate surface area is 125 Å². The largest absolute Gasteiger partial charge is 0.324 e. The van der Waals surface area contributed by atoms with Gasteiger partial charge in [0.25, 0.3) is 0 Å². The molecule has 2 N–H and O–H groups in total. The van der Waals surface area contributed by atoms with Gasteiger partial charge in [-0.05, 0) is 29.2 Å². The Morgan fingerprint density at radius 3 is 2.25 bits per heavy atom. The Bertz CT molecular complexity index is 572. The van der Waals surface area contributed by atoms with Crippen LogP contribution in [0.15, 0.2) is 48.5 Å². The van der Waals surface area contributed by atoms with Gasteiger partial charge < -0.3 is 5.73 Å². The molecule has 20 heavy (non-hydrogen) atoms. The highest BCUT2D eigenvalue weighted by Crippen LogP contribution is 2.26. The van der Waals surface area contributed by atoms with E-state index in [9.17, 15) is 0 Å². The van der Waals surface area contributed by atoms with E-state index >= 15 is 0 Å². The number of rotatable bonds is 4. The molecule has 1 unspecified atom stereocenters. The van der Waals surface area contributed by atoms with E-state index in [0.29, 0.717) is 0 Å². The summed E-state index contributed by atoms with van der Waals surface area (Å²) in [4.78, 5) is 2.45. The van der Waals surface area contributed by atoms with E-state index in [1.165, 1.54) is 11.1 Å². The maximum atomic E-state index is 6.27. The molecule has 0 bridgehead atoms. The Balaban J connectivity index is 1.58. The molecule has 0 aromatic heterocycles. The zero-order valence-electron chi connectivity index (χ0n) is 11.4. The zero-order chi connectivity index (χ0) is 13.9. The smallest absolute Gasteiger partial charge is 0.0453 e. The van der Waals surface area contributed by atoms with Crippen molar-refractivity contribution in [2.45, 2.75) is 25.6 Å². The predicted molar refractivity (Wildman–Crippen MR) is 83.6 cm³/mol. The molecule has 2 aromatic carbocycles. The summed E-state index contributed by atoms with van der Waals surface area (Å²) in [7, 11) is 0. The molecule has 2 nitrogen and oxygen atoms in total. The molecule has 0 amide bonds. The van der Waals surface area contributed by atoms with Crippen molar-refractivity contribution in [3.05, 3.63) is 70.2 Å². The summed E-state index contributed by atoms with van der Waals surface area (Å²) in [6, 6.07) is 16.5. The standard InChI is InChI=1S/C17H19ClN2/c18-16-8-4-3-7-15(16)17(19)9-10-20-11-13-5-1-2-6-14(13)12-20/h1-8,17H,9-12,19H2. The highest BCUT2D eigenvalue weighted by Gasteiger charge is 2.19. The van der Waals surface area contributed by atoms with Crippen LogP contribution in [0.25, 0.3) is 0 Å². The van der Waals surface area contributed by atoms with Crippen LogP contribution in [-0.2, 0) is 13.1 Å². The Morgan fingerprint density at radius 1 is 1.00 bits per heavy atom. The maximum absolute atomic E-state index is 6.27. The van der Waals surface area contributed by atoms with E-state index in [0.717, 1.165) is 36.6 Å². The van der Waals surface area contributed by atoms with Crippen molar-refractivity contribution in [3.63, 3.8) is 0 Å². The van der Waals surface area contributed by atoms with E-state index in [-0.39, 0.29) is 6.04 Å². The topological polar surface area (TPSA) is 29.3 Å². The minimum Gasteiger partial charge on any atom is -0.324 e. The molecule has 0 saturated heterocycles. The Hall–Kier alpha value is -1.35. The minimum absolute atomic E-state index is 0.00686. The monoisotopic (exact) mass is 286 g/mol. The van der Waals surface area contributed by atoms with E-state index in [1.807, 2.05) is 24.3 Å². The second-order valence-electron chi connectivity index (χ2n) is 5.40. The van der Waals surface area contributed by atoms with Gasteiger partial charge in [-0.15, -0.1) is 0 Å². The van der Waals surface area contributed by atoms with E-state index in [4.69, 9.17) is 17.3 Å². The van der Waals surface area contributed by atoms with Gasteiger partial charge in [0.1, 0.15) is 0 Å². The summed E-state index contributed by atoms with van der Waals surface area (Å²) < 4.78 is 0. The molecule has 0 aliphatic carbocycles. The van der Waals surface area contributed by atoms with Gasteiger partial charge >= 0.3 is 0 Å². The number of hydrogen-bond acceptors (Lipinski definition) is 2. The zero-order valence-corrected chi connectivity index (χ0v) is 12.2. The lowest BCUT2D eigenvalue weighted by molar-refractivity contribution is 0.272. The van der Waals surface area contributed by atoms with Crippen molar-refractivity contribution in [2.75, 3.05) is 6.54 Å². The quantitative estimate of drug-likeness (QED) is 0.927. The summed E-state index contributed by atoms with van der Waals surface area (Å²) in [6.07, 6.45) is 0.928. The van der Waals surface area contributed by atoms with Crippen LogP contribution in [-0.4, -0.2) is 11.4 Å². The van der Waals surface area contributed by atoms with Gasteiger partial charge in [-0.3, -0.25) is 4.90 Å². The summed E-state index contributed by atoms with van der Waals surface area (Å²) in [5, 5.41) is 0.768. The van der Waals surface area contributed by atoms with Crippen LogP contribution in [0.5, 0.6) is 0 Å². The molecule has 2 aromatic rings. The normalized spacial score (nSPS) is 16.1. The SMILES string of the molecule is NC(CCN1Cc2ccccc2C1)c1ccccc1Cl. The fourth-order valence-electron chi connectivity index (χ4n) is 2.81. The molecular weight excluding hydrogens is 268 g/mol. The molecule has 1 aliphatic heterocycles. The molecular formula is C17H19ClN2. The van der Waals surface area contributed by atoms with E-state index < -0.39 is 0 Å². The molecule has 104 valence electrons. The number of nitrogens with zero attached hydrogens (tertiary/aromatic N) is 1. The summed E-state index contributed by atoms with van der Waals surface area (Å²) >= 11 is 6.19. The number of fused-ring (bicyclic) bond motifs is 1. The molecule has 0 fully saturated rings. The fraction of sp³-hybridized carbons (Fsp3) is 0.294. The molecule has 3 rings (SSSR count). The van der Waals surface area contributed by atoms with E-state index in [1.54, 1.807) is 0 Å². The van der Waals surface area contributed by atoms with Gasteiger partial charge in [-0.2, -0.15) is 0 Å². The van der Waals surface area contributed by atoms with Gasteiger partial charge in [0.2, 0.25) is 0 Å². The minimum atomic E-state index is 0.00686. The van der Waals surface area contributed by atoms with Crippen LogP contribution in [0, 0.1) is 0 Å². The first kappa shape index (κ1) is 13.6. The highest BCUT2D eigenvalue weighted by atomic mass is 35.5. The Morgan fingerprint density at radius 2 is 1.60 bits per heavy atom. The van der Waals surface area contributed by atoms with Crippen molar-refractivity contribution >= 4 is 11.6 Å². The molecule has 3 heteroatoms. The summed E-state index contributed by atoms with van der Waals surface area (Å²) in [5.41, 5.74) is 10.2. The first-order chi connectivity index (χ1) is 9.74. The van der Waals surface area contributed by atoms with Crippen LogP contribution < -0.4 is 5.73 Å². The molecule has 0 saturated carbocycles. The lowest BCUT2D eigenvalue weighted by Gasteiger charge is -2.19. The number of halogens is 1. The molecule has 1 heterocycles. The molecule has 1 atom stereocenters. The van der Waals surface area contributed by atoms with Gasteiger partial charge in [0, 0.05) is 30.7 Å². The predicted octanol–water partition coefficient (Wildman–Crippen LogP) is 3.75. The van der Waals surface area contributed by atoms with Gasteiger partial charge in [0.05, 0.1) is 0 Å². The van der Waals surface area contributed by atoms with Crippen LogP contribution in [0.2, 0.25) is 5.02 Å². The summed E-state index contributed by atoms with van der Waals surface area (Å²) in [5.74, 6) is 0. The maximum Gasteiger partial charge on any atom is 0.0453 e. The van der Waals surface area contributed by atoms with Crippen molar-refractivity contribution in [2.24, 2.45) is 5.73 Å². The van der Waals surface area contributed by atoms with Crippen LogP contribution >= 0.6 is 11.6 Å². The van der Waals surface area contributed by atoms with E-state index in [2.05, 4.69) is 29.2 Å². The molecule has 1 aliphatic rings. The first-order valence-corrected chi connectivity index (χ1v) is 7.41. The van der Waals surface area contributed by atoms with Crippen LogP contribution in [0.1, 0.15) is 29.2 Å². The fourth-order valence-corrected chi connectivity index (χ4v) is 3.09. The van der Waals surface area contributed by atoms with Crippen LogP contribution in [0.3, 0.4) is 0 Å². The first-order valence-electron chi connectivity index (χ1n) is 7.03. The average molecular weight is 287 g/mol. The number of hydrogen-bond donors (Lipinski definition) is 1. The lowest BCUT2D eigenvalue weighted by atomic mass is 10.0. The third-order valence-corrected chi connectivity index (χ3v) is 4.31. The third kappa shape index (κ3) is 2.88. The van der Waals surface area contributed by atoms with Crippen LogP contribution in [0.4, 0.5) is 0 Å². The average Bonchev–Trinajstić information content (AvgIpc) is 2.88. The lowest BCUT2D eigenvalue weighted by Crippen LogP contribution is -2.22. The number of benzene rings is 2. The Kier molecular flexibility index (Phi) is 4.06. The molecule has 0 radical (unpaired) electrons. The van der Waals surface area contributed by atoms with Gasteiger partial charge in [-0.1, -0.05) is 54.1 Å². The second-order valence-corrected chi connectivity index (χ2v) is 5.80. The second kappa shape index (κ2) is 5.96. The summed E-state index contributed by atoms with van der Waals surface area (Å²) in [6.45, 7) is 3.07. The van der Waals surface area contributed by atoms with Crippen molar-refractivity contribution in [1.29, 1.82) is 0 Å². The van der Waals surface area contributed by atoms with Gasteiger partial charge in [0.15, 0.2) is 0 Å². The molecule has 0 spiro atoms. The van der Waals surface area contributed by atoms with Crippen molar-refractivity contribution in [1.82, 2.24) is 4.90 Å². The highest BCUT2D eigenvalue weighted by molar-refractivity contribution is 6.31.